The Hall–Kier alpha value is -3.80. The summed E-state index contributed by atoms with van der Waals surface area (Å²) in [5.74, 6) is -1.35. The molecule has 12 heteroatoms. The number of hydrogen-bond acceptors (Lipinski definition) is 7. The predicted molar refractivity (Wildman–Crippen MR) is 142 cm³/mol. The number of carboxylic acid groups (broad SMARTS) is 1. The Balaban J connectivity index is 1.45. The first-order valence-electron chi connectivity index (χ1n) is 12.0. The van der Waals surface area contributed by atoms with E-state index in [1.807, 2.05) is 42.5 Å². The SMILES string of the molecule is O=C(O)[C@@]1(N(CCCNc2nn[nH]n2)S(=O)(=O)c2ccc(-c3ccc(Cl)cc3)cc2)C[C@H]1c1ccccc1. The quantitative estimate of drug-likeness (QED) is 0.237. The van der Waals surface area contributed by atoms with E-state index in [9.17, 15) is 18.3 Å². The number of rotatable bonds is 11. The first-order valence-corrected chi connectivity index (χ1v) is 13.8. The minimum atomic E-state index is -4.17. The molecule has 0 saturated heterocycles. The molecular weight excluding hydrogens is 528 g/mol. The number of anilines is 1. The fourth-order valence-electron chi connectivity index (χ4n) is 4.73. The zero-order valence-electron chi connectivity index (χ0n) is 20.2. The van der Waals surface area contributed by atoms with Crippen molar-refractivity contribution in [1.82, 2.24) is 24.9 Å². The van der Waals surface area contributed by atoms with Gasteiger partial charge in [0.25, 0.3) is 5.95 Å². The van der Waals surface area contributed by atoms with Crippen molar-refractivity contribution in [3.63, 3.8) is 0 Å². The number of aliphatic carboxylic acids is 1. The van der Waals surface area contributed by atoms with Gasteiger partial charge in [0.15, 0.2) is 0 Å². The van der Waals surface area contributed by atoms with Gasteiger partial charge in [-0.15, -0.1) is 5.10 Å². The first kappa shape index (κ1) is 25.8. The Morgan fingerprint density at radius 3 is 2.32 bits per heavy atom. The lowest BCUT2D eigenvalue weighted by Crippen LogP contribution is -2.49. The lowest BCUT2D eigenvalue weighted by atomic mass is 10.1. The zero-order chi connectivity index (χ0) is 26.8. The summed E-state index contributed by atoms with van der Waals surface area (Å²) in [6, 6.07) is 22.8. The molecule has 5 rings (SSSR count). The highest BCUT2D eigenvalue weighted by Crippen LogP contribution is 2.57. The van der Waals surface area contributed by atoms with Gasteiger partial charge in [-0.1, -0.05) is 71.3 Å². The third-order valence-corrected chi connectivity index (χ3v) is 8.94. The minimum absolute atomic E-state index is 0.0121. The van der Waals surface area contributed by atoms with Crippen LogP contribution in [0.1, 0.15) is 24.3 Å². The summed E-state index contributed by atoms with van der Waals surface area (Å²) >= 11 is 5.98. The molecule has 4 aromatic rings. The maximum atomic E-state index is 14.0. The molecule has 0 radical (unpaired) electrons. The number of carbonyl (C=O) groups is 1. The van der Waals surface area contributed by atoms with Crippen LogP contribution in [-0.4, -0.2) is 63.1 Å². The summed E-state index contributed by atoms with van der Waals surface area (Å²) < 4.78 is 29.1. The molecule has 10 nitrogen and oxygen atoms in total. The van der Waals surface area contributed by atoms with Gasteiger partial charge < -0.3 is 10.4 Å². The molecule has 1 fully saturated rings. The molecule has 0 spiro atoms. The number of benzene rings is 3. The normalized spacial score (nSPS) is 18.8. The largest absolute Gasteiger partial charge is 0.480 e. The van der Waals surface area contributed by atoms with Crippen molar-refractivity contribution in [2.75, 3.05) is 18.4 Å². The average Bonchev–Trinajstić information content (AvgIpc) is 3.46. The third-order valence-electron chi connectivity index (χ3n) is 6.74. The highest BCUT2D eigenvalue weighted by Gasteiger charge is 2.67. The van der Waals surface area contributed by atoms with Crippen molar-refractivity contribution in [3.05, 3.63) is 89.4 Å². The van der Waals surface area contributed by atoms with Crippen molar-refractivity contribution < 1.29 is 18.3 Å². The highest BCUT2D eigenvalue weighted by molar-refractivity contribution is 7.89. The van der Waals surface area contributed by atoms with Crippen LogP contribution in [0, 0.1) is 0 Å². The van der Waals surface area contributed by atoms with Gasteiger partial charge in [0.2, 0.25) is 10.0 Å². The molecule has 1 aliphatic carbocycles. The van der Waals surface area contributed by atoms with Crippen LogP contribution in [0.4, 0.5) is 5.95 Å². The van der Waals surface area contributed by atoms with E-state index in [-0.39, 0.29) is 23.8 Å². The van der Waals surface area contributed by atoms with Gasteiger partial charge in [0.05, 0.1) is 4.90 Å². The average molecular weight is 553 g/mol. The lowest BCUT2D eigenvalue weighted by molar-refractivity contribution is -0.143. The van der Waals surface area contributed by atoms with E-state index in [0.717, 1.165) is 21.0 Å². The van der Waals surface area contributed by atoms with E-state index < -0.39 is 27.4 Å². The van der Waals surface area contributed by atoms with Crippen LogP contribution in [0.2, 0.25) is 5.02 Å². The van der Waals surface area contributed by atoms with Gasteiger partial charge in [0, 0.05) is 24.0 Å². The summed E-state index contributed by atoms with van der Waals surface area (Å²) in [6.07, 6.45) is 0.514. The summed E-state index contributed by atoms with van der Waals surface area (Å²) in [6.45, 7) is 0.314. The number of nitrogens with one attached hydrogen (secondary N) is 2. The van der Waals surface area contributed by atoms with Crippen LogP contribution in [0.15, 0.2) is 83.8 Å². The number of aromatic nitrogens is 4. The summed E-state index contributed by atoms with van der Waals surface area (Å²) in [5, 5.41) is 27.4. The molecule has 0 unspecified atom stereocenters. The van der Waals surface area contributed by atoms with E-state index in [2.05, 4.69) is 25.9 Å². The van der Waals surface area contributed by atoms with Crippen molar-refractivity contribution in [2.24, 2.45) is 0 Å². The number of halogens is 1. The van der Waals surface area contributed by atoms with Crippen molar-refractivity contribution in [1.29, 1.82) is 0 Å². The highest BCUT2D eigenvalue weighted by atomic mass is 35.5. The number of H-pyrrole nitrogens is 1. The van der Waals surface area contributed by atoms with E-state index in [1.165, 1.54) is 12.1 Å². The van der Waals surface area contributed by atoms with Gasteiger partial charge in [-0.25, -0.2) is 8.42 Å². The van der Waals surface area contributed by atoms with Crippen LogP contribution in [0.25, 0.3) is 11.1 Å². The van der Waals surface area contributed by atoms with Crippen LogP contribution >= 0.6 is 11.6 Å². The van der Waals surface area contributed by atoms with Gasteiger partial charge in [-0.05, 0) is 59.0 Å². The summed E-state index contributed by atoms with van der Waals surface area (Å²) in [4.78, 5) is 12.7. The number of nitrogens with zero attached hydrogens (tertiary/aromatic N) is 4. The molecule has 38 heavy (non-hydrogen) atoms. The topological polar surface area (TPSA) is 141 Å². The Bertz CT molecular complexity index is 1500. The molecule has 1 aliphatic rings. The Morgan fingerprint density at radius 2 is 1.71 bits per heavy atom. The molecule has 3 aromatic carbocycles. The van der Waals surface area contributed by atoms with Gasteiger partial charge in [-0.3, -0.25) is 4.79 Å². The fourth-order valence-corrected chi connectivity index (χ4v) is 6.67. The number of tetrazole rings is 1. The third kappa shape index (κ3) is 5.00. The molecule has 0 amide bonds. The monoisotopic (exact) mass is 552 g/mol. The van der Waals surface area contributed by atoms with E-state index in [4.69, 9.17) is 11.6 Å². The maximum absolute atomic E-state index is 14.0. The first-order chi connectivity index (χ1) is 18.3. The van der Waals surface area contributed by atoms with Crippen LogP contribution in [-0.2, 0) is 14.8 Å². The molecule has 1 heterocycles. The maximum Gasteiger partial charge on any atom is 0.325 e. The van der Waals surface area contributed by atoms with E-state index >= 15 is 0 Å². The standard InChI is InChI=1S/C26H25ClN6O4S/c27-21-11-7-18(8-12-21)19-9-13-22(14-10-19)38(36,37)33(16-4-15-28-25-29-31-32-30-25)26(24(34)35)17-23(26)20-5-2-1-3-6-20/h1-3,5-14,23H,4,15-17H2,(H,34,35)(H2,28,29,30,31,32)/t23-,26+/m0/s1. The summed E-state index contributed by atoms with van der Waals surface area (Å²) in [5.41, 5.74) is 0.911. The molecule has 3 N–H and O–H groups in total. The molecule has 2 atom stereocenters. The van der Waals surface area contributed by atoms with E-state index in [1.54, 1.807) is 24.3 Å². The Morgan fingerprint density at radius 1 is 1.05 bits per heavy atom. The predicted octanol–water partition coefficient (Wildman–Crippen LogP) is 4.02. The molecule has 1 saturated carbocycles. The second-order valence-corrected chi connectivity index (χ2v) is 11.3. The lowest BCUT2D eigenvalue weighted by Gasteiger charge is -2.29. The molecule has 0 bridgehead atoms. The van der Waals surface area contributed by atoms with Crippen LogP contribution < -0.4 is 5.32 Å². The summed E-state index contributed by atoms with van der Waals surface area (Å²) in [7, 11) is -4.17. The van der Waals surface area contributed by atoms with Crippen molar-refractivity contribution in [2.45, 2.75) is 29.2 Å². The Labute approximate surface area is 224 Å². The molecule has 196 valence electrons. The number of sulfonamides is 1. The molecule has 0 aliphatic heterocycles. The van der Waals surface area contributed by atoms with Gasteiger partial charge in [-0.2, -0.15) is 9.52 Å². The van der Waals surface area contributed by atoms with Crippen LogP contribution in [0.3, 0.4) is 0 Å². The molecule has 1 aromatic heterocycles. The zero-order valence-corrected chi connectivity index (χ0v) is 21.7. The van der Waals surface area contributed by atoms with Gasteiger partial charge in [0.1, 0.15) is 5.54 Å². The fraction of sp³-hybridized carbons (Fsp3) is 0.231. The minimum Gasteiger partial charge on any atom is -0.480 e. The number of hydrogen-bond donors (Lipinski definition) is 3. The van der Waals surface area contributed by atoms with Crippen molar-refractivity contribution >= 4 is 33.5 Å². The van der Waals surface area contributed by atoms with Gasteiger partial charge >= 0.3 is 5.97 Å². The van der Waals surface area contributed by atoms with Crippen LogP contribution in [0.5, 0.6) is 0 Å². The smallest absolute Gasteiger partial charge is 0.325 e. The number of aromatic amines is 1. The van der Waals surface area contributed by atoms with Crippen molar-refractivity contribution in [3.8, 4) is 11.1 Å². The van der Waals surface area contributed by atoms with E-state index in [0.29, 0.717) is 18.0 Å². The molecular formula is C26H25ClN6O4S. The second kappa shape index (κ2) is 10.5. The Kier molecular flexibility index (Phi) is 7.15. The number of carboxylic acids is 1. The second-order valence-electron chi connectivity index (χ2n) is 9.02.